The lowest BCUT2D eigenvalue weighted by Gasteiger charge is -2.24. The van der Waals surface area contributed by atoms with E-state index in [0.29, 0.717) is 0 Å². The van der Waals surface area contributed by atoms with E-state index < -0.39 is 0 Å². The molecular formula is C84H60. The maximum atomic E-state index is 2.61. The van der Waals surface area contributed by atoms with Crippen LogP contribution in [0.15, 0.2) is 218 Å². The second-order valence-corrected chi connectivity index (χ2v) is 26.6. The summed E-state index contributed by atoms with van der Waals surface area (Å²) in [5, 5.41) is 34.5. The molecule has 84 heavy (non-hydrogen) atoms. The van der Waals surface area contributed by atoms with Crippen LogP contribution >= 0.6 is 0 Å². The van der Waals surface area contributed by atoms with Crippen LogP contribution in [0.1, 0.15) is 63.8 Å². The highest BCUT2D eigenvalue weighted by atomic mass is 14.3. The molecule has 0 nitrogen and oxygen atoms in total. The average molecular weight is 1070 g/mol. The molecule has 0 atom stereocenters. The molecule has 0 aliphatic rings. The van der Waals surface area contributed by atoms with E-state index in [1.165, 1.54) is 207 Å². The van der Waals surface area contributed by atoms with Gasteiger partial charge >= 0.3 is 0 Å². The quantitative estimate of drug-likeness (QED) is 0.122. The van der Waals surface area contributed by atoms with Crippen molar-refractivity contribution in [2.24, 2.45) is 0 Å². The Morgan fingerprint density at radius 2 is 0.476 bits per heavy atom. The van der Waals surface area contributed by atoms with Gasteiger partial charge in [-0.2, -0.15) is 0 Å². The highest BCUT2D eigenvalue weighted by molar-refractivity contribution is 6.48. The third-order valence-electron chi connectivity index (χ3n) is 20.0. The first-order chi connectivity index (χ1) is 40.8. The molecule has 396 valence electrons. The Morgan fingerprint density at radius 3 is 0.857 bits per heavy atom. The number of fused-ring (bicyclic) bond motifs is 11. The van der Waals surface area contributed by atoms with Crippen molar-refractivity contribution in [3.05, 3.63) is 241 Å². The van der Waals surface area contributed by atoms with Crippen LogP contribution < -0.4 is 0 Å². The van der Waals surface area contributed by atoms with Crippen molar-refractivity contribution in [3.63, 3.8) is 0 Å². The van der Waals surface area contributed by atoms with Gasteiger partial charge in [0.2, 0.25) is 0 Å². The summed E-state index contributed by atoms with van der Waals surface area (Å²) in [7, 11) is 0. The maximum absolute atomic E-state index is 2.61. The van der Waals surface area contributed by atoms with Gasteiger partial charge in [-0.1, -0.05) is 248 Å². The lowest BCUT2D eigenvalue weighted by molar-refractivity contribution is 0.592. The molecule has 0 fully saturated rings. The Hall–Kier alpha value is -9.62. The van der Waals surface area contributed by atoms with Crippen LogP contribution in [0.4, 0.5) is 0 Å². The summed E-state index contributed by atoms with van der Waals surface area (Å²) >= 11 is 0. The maximum Gasteiger partial charge on any atom is -0.000730 e. The smallest absolute Gasteiger partial charge is 0.000730 e. The van der Waals surface area contributed by atoms with E-state index in [9.17, 15) is 0 Å². The summed E-state index contributed by atoms with van der Waals surface area (Å²) in [6, 6.07) is 85.0. The minimum Gasteiger partial charge on any atom is -0.0620 e. The van der Waals surface area contributed by atoms with Crippen molar-refractivity contribution in [1.29, 1.82) is 0 Å². The van der Waals surface area contributed by atoms with Crippen molar-refractivity contribution in [3.8, 4) is 44.5 Å². The zero-order valence-corrected chi connectivity index (χ0v) is 48.8. The normalized spacial score (nSPS) is 13.0. The van der Waals surface area contributed by atoms with Gasteiger partial charge in [-0.25, -0.2) is 0 Å². The molecule has 0 bridgehead atoms. The fraction of sp³-hybridized carbons (Fsp3) is 0.119. The zero-order valence-electron chi connectivity index (χ0n) is 48.8. The number of hydrogen-bond acceptors (Lipinski definition) is 0. The molecule has 18 aromatic rings. The van der Waals surface area contributed by atoms with Crippen LogP contribution in [0, 0.1) is 13.8 Å². The molecule has 0 aromatic heterocycles. The van der Waals surface area contributed by atoms with Crippen LogP contribution in [0.3, 0.4) is 0 Å². The monoisotopic (exact) mass is 1070 g/mol. The largest absolute Gasteiger partial charge is 0.0620 e. The van der Waals surface area contributed by atoms with Gasteiger partial charge in [0.1, 0.15) is 0 Å². The van der Waals surface area contributed by atoms with Crippen molar-refractivity contribution >= 4 is 140 Å². The van der Waals surface area contributed by atoms with Crippen LogP contribution in [-0.4, -0.2) is 0 Å². The van der Waals surface area contributed by atoms with Gasteiger partial charge in [0.25, 0.3) is 0 Å². The van der Waals surface area contributed by atoms with Crippen LogP contribution in [-0.2, 0) is 10.8 Å². The highest BCUT2D eigenvalue weighted by Gasteiger charge is 2.30. The fourth-order valence-electron chi connectivity index (χ4n) is 16.5. The lowest BCUT2D eigenvalue weighted by atomic mass is 9.80. The van der Waals surface area contributed by atoms with Gasteiger partial charge in [0.05, 0.1) is 0 Å². The van der Waals surface area contributed by atoms with Crippen LogP contribution in [0.5, 0.6) is 0 Å². The van der Waals surface area contributed by atoms with Crippen LogP contribution in [0.2, 0.25) is 0 Å². The predicted octanol–water partition coefficient (Wildman–Crippen LogP) is 24.3. The van der Waals surface area contributed by atoms with Gasteiger partial charge in [-0.15, -0.1) is 0 Å². The summed E-state index contributed by atoms with van der Waals surface area (Å²) in [6.07, 6.45) is 0. The number of rotatable bonds is 4. The van der Waals surface area contributed by atoms with Gasteiger partial charge in [-0.3, -0.25) is 0 Å². The molecule has 0 radical (unpaired) electrons. The summed E-state index contributed by atoms with van der Waals surface area (Å²) in [6.45, 7) is 18.6. The number of benzene rings is 16. The third-order valence-corrected chi connectivity index (χ3v) is 20.0. The fourth-order valence-corrected chi connectivity index (χ4v) is 16.5. The molecular weight excluding hydrogens is 1010 g/mol. The first-order valence-corrected chi connectivity index (χ1v) is 30.2. The first kappa shape index (κ1) is 48.0. The molecule has 0 heterocycles. The second-order valence-electron chi connectivity index (χ2n) is 26.6. The van der Waals surface area contributed by atoms with Gasteiger partial charge in [-0.05, 0) is 244 Å². The van der Waals surface area contributed by atoms with Crippen molar-refractivity contribution in [1.82, 2.24) is 0 Å². The minimum absolute atomic E-state index is 0.00101. The van der Waals surface area contributed by atoms with E-state index in [1.807, 2.05) is 0 Å². The van der Waals surface area contributed by atoms with Crippen molar-refractivity contribution in [2.45, 2.75) is 66.2 Å². The van der Waals surface area contributed by atoms with E-state index in [2.05, 4.69) is 274 Å². The third kappa shape index (κ3) is 6.18. The standard InChI is InChI=1S/C84H60/c1-45-19-9-11-21-47(45)75-70-44-68-64-38-36-61-57-33-31-49(51-23-13-15-29-71(51)83(3,4)5)53-25-17-27-55(73(53)57)59-35-37-63(79(64)77(59)61)67(68)43-69(70)76(48-22-12-10-20-46(48)2)82-66-42-40-62-58-34-32-50(52-24-14-16-30-72(52)84(6,7)8)54-26-18-28-56(74(54)58)60-39-41-65(81(75)82)80(66)78(60)62/h9-44H,1-8H3. The van der Waals surface area contributed by atoms with E-state index in [0.717, 1.165) is 0 Å². The summed E-state index contributed by atoms with van der Waals surface area (Å²) in [5.41, 5.74) is 15.7. The Labute approximate surface area is 488 Å². The number of hydrogen-bond donors (Lipinski definition) is 0. The van der Waals surface area contributed by atoms with Gasteiger partial charge in [0.15, 0.2) is 0 Å². The molecule has 0 heteroatoms. The van der Waals surface area contributed by atoms with E-state index in [4.69, 9.17) is 0 Å². The Bertz CT molecular complexity index is 5650. The molecule has 18 aromatic carbocycles. The Morgan fingerprint density at radius 1 is 0.190 bits per heavy atom. The summed E-state index contributed by atoms with van der Waals surface area (Å²) in [4.78, 5) is 0. The first-order valence-electron chi connectivity index (χ1n) is 30.2. The molecule has 0 aliphatic heterocycles. The van der Waals surface area contributed by atoms with Crippen molar-refractivity contribution in [2.75, 3.05) is 0 Å². The highest BCUT2D eigenvalue weighted by Crippen LogP contribution is 2.57. The van der Waals surface area contributed by atoms with Crippen molar-refractivity contribution < 1.29 is 0 Å². The Balaban J connectivity index is 0.969. The molecule has 0 amide bonds. The van der Waals surface area contributed by atoms with E-state index in [-0.39, 0.29) is 10.8 Å². The summed E-state index contributed by atoms with van der Waals surface area (Å²) in [5.74, 6) is 0. The molecule has 0 aliphatic carbocycles. The Kier molecular flexibility index (Phi) is 9.45. The molecule has 0 N–H and O–H groups in total. The molecule has 0 spiro atoms. The van der Waals surface area contributed by atoms with E-state index >= 15 is 0 Å². The molecule has 0 saturated carbocycles. The van der Waals surface area contributed by atoms with E-state index in [1.54, 1.807) is 0 Å². The summed E-state index contributed by atoms with van der Waals surface area (Å²) < 4.78 is 0. The predicted molar refractivity (Wildman–Crippen MR) is 367 cm³/mol. The molecule has 18 rings (SSSR count). The lowest BCUT2D eigenvalue weighted by Crippen LogP contribution is -2.12. The molecule has 0 saturated heterocycles. The molecule has 0 unspecified atom stereocenters. The minimum atomic E-state index is -0.00101. The van der Waals surface area contributed by atoms with Gasteiger partial charge in [0, 0.05) is 0 Å². The average Bonchev–Trinajstić information content (AvgIpc) is 1.52. The number of aryl methyl sites for hydroxylation is 2. The topological polar surface area (TPSA) is 0 Å². The SMILES string of the molecule is Cc1ccccc1-c1c2cc3c(cc2c(-c2ccccc2C)c2c4ccc5c6ccc(-c7ccccc7C(C)(C)C)c7cccc(c8ccc(c12)c4c85)c76)c1ccc2c4cccc5c(-c6ccccc6C(C)(C)C)ccc(c6ccc3c1c62)c54. The zero-order chi connectivity index (χ0) is 56.4. The van der Waals surface area contributed by atoms with Gasteiger partial charge < -0.3 is 0 Å². The second kappa shape index (κ2) is 16.6. The van der Waals surface area contributed by atoms with Crippen LogP contribution in [0.25, 0.3) is 185 Å².